The van der Waals surface area contributed by atoms with Gasteiger partial charge in [0.2, 0.25) is 0 Å². The lowest BCUT2D eigenvalue weighted by Gasteiger charge is -2.45. The summed E-state index contributed by atoms with van der Waals surface area (Å²) in [6.45, 7) is 29.4. The lowest BCUT2D eigenvalue weighted by atomic mass is 10.0. The molecule has 1 radical (unpaired) electrons. The van der Waals surface area contributed by atoms with Crippen molar-refractivity contribution in [2.24, 2.45) is 0 Å². The summed E-state index contributed by atoms with van der Waals surface area (Å²) in [5.74, 6) is 0. The fourth-order valence-corrected chi connectivity index (χ4v) is 44.7. The monoisotopic (exact) mass is 395 g/mol. The van der Waals surface area contributed by atoms with Gasteiger partial charge in [0.05, 0.1) is 13.6 Å². The molecule has 0 aliphatic carbocycles. The van der Waals surface area contributed by atoms with Gasteiger partial charge in [0.25, 0.3) is 0 Å². The standard InChI is InChI=1S/C19H39OSi4/c1-15-13-16(2)18(17(3)14-15)19(20-22(4,5)6)21(23(7,8)9)24(10,11)12/h13-14,19H,1-12H3. The van der Waals surface area contributed by atoms with Crippen molar-refractivity contribution in [3.63, 3.8) is 0 Å². The van der Waals surface area contributed by atoms with Gasteiger partial charge in [-0.3, -0.25) is 0 Å². The Balaban J connectivity index is 3.64. The summed E-state index contributed by atoms with van der Waals surface area (Å²) in [6, 6.07) is 4.72. The third-order valence-electron chi connectivity index (χ3n) is 4.35. The Morgan fingerprint density at radius 2 is 1.12 bits per heavy atom. The first kappa shape index (κ1) is 22.1. The molecule has 0 saturated carbocycles. The van der Waals surface area contributed by atoms with E-state index in [-0.39, 0.29) is 0 Å². The lowest BCUT2D eigenvalue weighted by Crippen LogP contribution is -2.63. The molecule has 0 aliphatic rings. The molecule has 137 valence electrons. The minimum atomic E-state index is -1.61. The molecule has 5 heteroatoms. The van der Waals surface area contributed by atoms with Crippen molar-refractivity contribution in [1.29, 1.82) is 0 Å². The van der Waals surface area contributed by atoms with Gasteiger partial charge in [0, 0.05) is 15.2 Å². The smallest absolute Gasteiger partial charge is 0.184 e. The second-order valence-electron chi connectivity index (χ2n) is 10.3. The van der Waals surface area contributed by atoms with Crippen molar-refractivity contribution in [2.45, 2.75) is 85.4 Å². The van der Waals surface area contributed by atoms with Crippen LogP contribution in [-0.4, -0.2) is 31.3 Å². The van der Waals surface area contributed by atoms with Crippen LogP contribution < -0.4 is 0 Å². The van der Waals surface area contributed by atoms with E-state index >= 15 is 0 Å². The summed E-state index contributed by atoms with van der Waals surface area (Å²) in [4.78, 5) is 0. The second kappa shape index (κ2) is 7.35. The quantitative estimate of drug-likeness (QED) is 0.508. The van der Waals surface area contributed by atoms with Crippen LogP contribution in [0.25, 0.3) is 0 Å². The van der Waals surface area contributed by atoms with Gasteiger partial charge in [-0.25, -0.2) is 0 Å². The van der Waals surface area contributed by atoms with Crippen LogP contribution in [0.3, 0.4) is 0 Å². The van der Waals surface area contributed by atoms with Gasteiger partial charge in [-0.05, 0) is 57.1 Å². The molecule has 1 nitrogen and oxygen atoms in total. The second-order valence-corrected chi connectivity index (χ2v) is 38.9. The average molecular weight is 396 g/mol. The van der Waals surface area contributed by atoms with Crippen molar-refractivity contribution in [2.75, 3.05) is 0 Å². The SMILES string of the molecule is Cc1cc(C)c(C(O[Si](C)(C)C)[Si]([Si](C)(C)C)[Si](C)(C)C)c(C)c1. The fraction of sp³-hybridized carbons (Fsp3) is 0.684. The van der Waals surface area contributed by atoms with Crippen molar-refractivity contribution in [3.05, 3.63) is 34.4 Å². The van der Waals surface area contributed by atoms with E-state index in [2.05, 4.69) is 91.8 Å². The summed E-state index contributed by atoms with van der Waals surface area (Å²) < 4.78 is 6.99. The molecule has 0 aromatic heterocycles. The van der Waals surface area contributed by atoms with E-state index in [1.54, 1.807) is 0 Å². The molecule has 1 rings (SSSR count). The predicted octanol–water partition coefficient (Wildman–Crippen LogP) is 6.37. The van der Waals surface area contributed by atoms with Crippen molar-refractivity contribution in [1.82, 2.24) is 0 Å². The van der Waals surface area contributed by atoms with E-state index in [0.29, 0.717) is 5.73 Å². The maximum Gasteiger partial charge on any atom is 0.184 e. The molecule has 1 unspecified atom stereocenters. The van der Waals surface area contributed by atoms with Crippen molar-refractivity contribution < 1.29 is 4.43 Å². The molecule has 0 heterocycles. The lowest BCUT2D eigenvalue weighted by molar-refractivity contribution is 0.275. The first-order valence-corrected chi connectivity index (χ1v) is 23.2. The van der Waals surface area contributed by atoms with Gasteiger partial charge in [-0.1, -0.05) is 57.0 Å². The van der Waals surface area contributed by atoms with E-state index in [9.17, 15) is 0 Å². The highest BCUT2D eigenvalue weighted by molar-refractivity contribution is 7.60. The summed E-state index contributed by atoms with van der Waals surface area (Å²) in [7, 11) is -4.71. The van der Waals surface area contributed by atoms with E-state index < -0.39 is 31.3 Å². The molecular weight excluding hydrogens is 357 g/mol. The predicted molar refractivity (Wildman–Crippen MR) is 120 cm³/mol. The van der Waals surface area contributed by atoms with Gasteiger partial charge >= 0.3 is 0 Å². The van der Waals surface area contributed by atoms with Crippen LogP contribution in [0.2, 0.25) is 58.9 Å². The zero-order chi connectivity index (χ0) is 19.1. The molecule has 1 aromatic carbocycles. The minimum absolute atomic E-state index is 0.376. The molecule has 0 N–H and O–H groups in total. The van der Waals surface area contributed by atoms with Crippen molar-refractivity contribution in [3.8, 4) is 0 Å². The zero-order valence-electron chi connectivity index (χ0n) is 18.1. The maximum atomic E-state index is 6.99. The summed E-state index contributed by atoms with van der Waals surface area (Å²) in [5, 5.41) is 0. The number of hydrogen-bond donors (Lipinski definition) is 0. The van der Waals surface area contributed by atoms with E-state index in [4.69, 9.17) is 4.43 Å². The highest BCUT2D eigenvalue weighted by Crippen LogP contribution is 2.37. The Hall–Kier alpha value is 0.0475. The van der Waals surface area contributed by atoms with E-state index in [1.807, 2.05) is 0 Å². The fourth-order valence-electron chi connectivity index (χ4n) is 4.13. The van der Waals surface area contributed by atoms with Gasteiger partial charge in [0.15, 0.2) is 8.32 Å². The first-order chi connectivity index (χ1) is 10.5. The summed E-state index contributed by atoms with van der Waals surface area (Å²) in [6.07, 6.45) is 0. The zero-order valence-corrected chi connectivity index (χ0v) is 22.1. The Bertz CT molecular complexity index is 539. The third kappa shape index (κ3) is 5.80. The largest absolute Gasteiger partial charge is 0.414 e. The van der Waals surface area contributed by atoms with Crippen LogP contribution in [0.4, 0.5) is 0 Å². The Morgan fingerprint density at radius 3 is 1.42 bits per heavy atom. The van der Waals surface area contributed by atoms with Gasteiger partial charge in [-0.2, -0.15) is 0 Å². The van der Waals surface area contributed by atoms with E-state index in [0.717, 1.165) is 0 Å². The number of aryl methyl sites for hydroxylation is 3. The highest BCUT2D eigenvalue weighted by Gasteiger charge is 2.47. The van der Waals surface area contributed by atoms with Crippen molar-refractivity contribution >= 4 is 31.3 Å². The normalized spacial score (nSPS) is 15.0. The van der Waals surface area contributed by atoms with Crippen LogP contribution >= 0.6 is 0 Å². The molecule has 0 saturated heterocycles. The number of hydrogen-bond acceptors (Lipinski definition) is 1. The highest BCUT2D eigenvalue weighted by atomic mass is 29.6. The number of benzene rings is 1. The van der Waals surface area contributed by atoms with Crippen LogP contribution in [0, 0.1) is 20.8 Å². The molecule has 1 aromatic rings. The van der Waals surface area contributed by atoms with Crippen LogP contribution in [0.15, 0.2) is 12.1 Å². The average Bonchev–Trinajstić information content (AvgIpc) is 2.19. The Kier molecular flexibility index (Phi) is 6.76. The van der Waals surface area contributed by atoms with E-state index in [1.165, 1.54) is 22.3 Å². The van der Waals surface area contributed by atoms with Gasteiger partial charge in [0.1, 0.15) is 0 Å². The van der Waals surface area contributed by atoms with Gasteiger partial charge < -0.3 is 4.43 Å². The van der Waals surface area contributed by atoms with Crippen LogP contribution in [0.1, 0.15) is 28.0 Å². The van der Waals surface area contributed by atoms with Gasteiger partial charge in [-0.15, -0.1) is 0 Å². The summed E-state index contributed by atoms with van der Waals surface area (Å²) >= 11 is 0. The first-order valence-electron chi connectivity index (χ1n) is 9.17. The van der Waals surface area contributed by atoms with Crippen LogP contribution in [0.5, 0.6) is 0 Å². The van der Waals surface area contributed by atoms with Crippen LogP contribution in [-0.2, 0) is 4.43 Å². The Labute approximate surface area is 155 Å². The molecule has 0 fully saturated rings. The minimum Gasteiger partial charge on any atom is -0.414 e. The molecule has 24 heavy (non-hydrogen) atoms. The topological polar surface area (TPSA) is 9.23 Å². The molecule has 0 spiro atoms. The third-order valence-corrected chi connectivity index (χ3v) is 34.5. The Morgan fingerprint density at radius 1 is 0.750 bits per heavy atom. The molecular formula is C19H39OSi4. The maximum absolute atomic E-state index is 6.99. The number of rotatable bonds is 6. The molecule has 1 atom stereocenters. The molecule has 0 amide bonds. The molecule has 0 aliphatic heterocycles. The summed E-state index contributed by atoms with van der Waals surface area (Å²) in [5.41, 5.74) is 6.15. The molecule has 0 bridgehead atoms.